The largest absolute Gasteiger partial charge is 0.461 e. The summed E-state index contributed by atoms with van der Waals surface area (Å²) in [6.45, 7) is 1.12. The van der Waals surface area contributed by atoms with Gasteiger partial charge >= 0.3 is 5.97 Å². The SMILES string of the molecule is CS(=O)(=O)N1CCN(C(=O)[C@@H](N)CC(=O)OCc2ccccc2)CC1. The second-order valence-electron chi connectivity index (χ2n) is 5.94. The quantitative estimate of drug-likeness (QED) is 0.680. The van der Waals surface area contributed by atoms with Crippen LogP contribution in [0.15, 0.2) is 30.3 Å². The van der Waals surface area contributed by atoms with Gasteiger partial charge in [0, 0.05) is 26.2 Å². The molecule has 9 heteroatoms. The lowest BCUT2D eigenvalue weighted by atomic mass is 10.2. The molecule has 2 rings (SSSR count). The number of piperazine rings is 1. The first kappa shape index (κ1) is 19.4. The number of rotatable bonds is 6. The number of nitrogens with zero attached hydrogens (tertiary/aromatic N) is 2. The van der Waals surface area contributed by atoms with E-state index in [0.29, 0.717) is 0 Å². The van der Waals surface area contributed by atoms with Crippen molar-refractivity contribution in [3.05, 3.63) is 35.9 Å². The van der Waals surface area contributed by atoms with Gasteiger partial charge in [-0.25, -0.2) is 8.42 Å². The Bertz CT molecular complexity index is 700. The second-order valence-corrected chi connectivity index (χ2v) is 7.93. The van der Waals surface area contributed by atoms with Crippen LogP contribution in [0.5, 0.6) is 0 Å². The Morgan fingerprint density at radius 1 is 1.16 bits per heavy atom. The van der Waals surface area contributed by atoms with Crippen LogP contribution in [0.25, 0.3) is 0 Å². The maximum atomic E-state index is 12.3. The van der Waals surface area contributed by atoms with Gasteiger partial charge in [-0.2, -0.15) is 4.31 Å². The Morgan fingerprint density at radius 2 is 1.76 bits per heavy atom. The number of ether oxygens (including phenoxy) is 1. The number of carbonyl (C=O) groups excluding carboxylic acids is 2. The molecule has 0 aromatic heterocycles. The van der Waals surface area contributed by atoms with E-state index in [1.807, 2.05) is 30.3 Å². The maximum Gasteiger partial charge on any atom is 0.308 e. The Hall–Kier alpha value is -1.97. The first-order valence-electron chi connectivity index (χ1n) is 7.96. The van der Waals surface area contributed by atoms with Crippen molar-refractivity contribution in [3.63, 3.8) is 0 Å². The lowest BCUT2D eigenvalue weighted by Gasteiger charge is -2.34. The van der Waals surface area contributed by atoms with Gasteiger partial charge in [0.2, 0.25) is 15.9 Å². The van der Waals surface area contributed by atoms with Gasteiger partial charge in [0.05, 0.1) is 18.7 Å². The monoisotopic (exact) mass is 369 g/mol. The molecular weight excluding hydrogens is 346 g/mol. The van der Waals surface area contributed by atoms with Crippen molar-refractivity contribution in [2.75, 3.05) is 32.4 Å². The van der Waals surface area contributed by atoms with Crippen LogP contribution in [0, 0.1) is 0 Å². The Labute approximate surface area is 147 Å². The van der Waals surface area contributed by atoms with Gasteiger partial charge in [-0.1, -0.05) is 30.3 Å². The van der Waals surface area contributed by atoms with Crippen LogP contribution in [0.3, 0.4) is 0 Å². The number of nitrogens with two attached hydrogens (primary N) is 1. The van der Waals surface area contributed by atoms with E-state index in [1.165, 1.54) is 9.21 Å². The van der Waals surface area contributed by atoms with E-state index in [4.69, 9.17) is 10.5 Å². The van der Waals surface area contributed by atoms with Crippen molar-refractivity contribution < 1.29 is 22.7 Å². The minimum atomic E-state index is -3.26. The van der Waals surface area contributed by atoms with E-state index in [9.17, 15) is 18.0 Å². The molecule has 1 aliphatic rings. The summed E-state index contributed by atoms with van der Waals surface area (Å²) in [6, 6.07) is 8.22. The number of esters is 1. The molecule has 0 unspecified atom stereocenters. The molecule has 8 nitrogen and oxygen atoms in total. The predicted octanol–water partition coefficient (Wildman–Crippen LogP) is -0.449. The third-order valence-corrected chi connectivity index (χ3v) is 5.27. The summed E-state index contributed by atoms with van der Waals surface area (Å²) in [4.78, 5) is 25.6. The summed E-state index contributed by atoms with van der Waals surface area (Å²) in [5.74, 6) is -0.913. The summed E-state index contributed by atoms with van der Waals surface area (Å²) in [6.07, 6.45) is 0.927. The topological polar surface area (TPSA) is 110 Å². The van der Waals surface area contributed by atoms with Crippen molar-refractivity contribution in [3.8, 4) is 0 Å². The second kappa shape index (κ2) is 8.41. The maximum absolute atomic E-state index is 12.3. The highest BCUT2D eigenvalue weighted by Gasteiger charge is 2.29. The van der Waals surface area contributed by atoms with Gasteiger partial charge in [0.25, 0.3) is 0 Å². The highest BCUT2D eigenvalue weighted by Crippen LogP contribution is 2.09. The summed E-state index contributed by atoms with van der Waals surface area (Å²) in [5.41, 5.74) is 6.67. The highest BCUT2D eigenvalue weighted by molar-refractivity contribution is 7.88. The molecule has 0 aliphatic carbocycles. The molecule has 0 bridgehead atoms. The van der Waals surface area contributed by atoms with Crippen LogP contribution < -0.4 is 5.73 Å². The standard InChI is InChI=1S/C16H23N3O5S/c1-25(22,23)19-9-7-18(8-10-19)16(21)14(17)11-15(20)24-12-13-5-3-2-4-6-13/h2-6,14H,7-12,17H2,1H3/t14-/m0/s1. The molecule has 1 fully saturated rings. The Kier molecular flexibility index (Phi) is 6.51. The van der Waals surface area contributed by atoms with Gasteiger partial charge in [-0.05, 0) is 5.56 Å². The molecule has 2 N–H and O–H groups in total. The highest BCUT2D eigenvalue weighted by atomic mass is 32.2. The molecule has 1 aromatic rings. The van der Waals surface area contributed by atoms with E-state index in [2.05, 4.69) is 0 Å². The lowest BCUT2D eigenvalue weighted by molar-refractivity contribution is -0.148. The third-order valence-electron chi connectivity index (χ3n) is 3.97. The van der Waals surface area contributed by atoms with Crippen molar-refractivity contribution >= 4 is 21.9 Å². The predicted molar refractivity (Wildman–Crippen MR) is 91.8 cm³/mol. The number of amides is 1. The average Bonchev–Trinajstić information content (AvgIpc) is 2.59. The van der Waals surface area contributed by atoms with Crippen molar-refractivity contribution in [2.45, 2.75) is 19.1 Å². The minimum absolute atomic E-state index is 0.133. The number of carbonyl (C=O) groups is 2. The Morgan fingerprint density at radius 3 is 2.32 bits per heavy atom. The fourth-order valence-electron chi connectivity index (χ4n) is 2.54. The summed E-state index contributed by atoms with van der Waals surface area (Å²) in [5, 5.41) is 0. The fraction of sp³-hybridized carbons (Fsp3) is 0.500. The molecule has 1 heterocycles. The zero-order valence-electron chi connectivity index (χ0n) is 14.1. The van der Waals surface area contributed by atoms with Crippen LogP contribution in [0.1, 0.15) is 12.0 Å². The number of benzene rings is 1. The third kappa shape index (κ3) is 5.80. The zero-order chi connectivity index (χ0) is 18.4. The van der Waals surface area contributed by atoms with Crippen molar-refractivity contribution in [1.29, 1.82) is 0 Å². The average molecular weight is 369 g/mol. The molecule has 1 aromatic carbocycles. The van der Waals surface area contributed by atoms with Crippen molar-refractivity contribution in [2.24, 2.45) is 5.73 Å². The van der Waals surface area contributed by atoms with E-state index in [-0.39, 0.29) is 45.1 Å². The zero-order valence-corrected chi connectivity index (χ0v) is 14.9. The number of sulfonamides is 1. The molecule has 1 atom stereocenters. The van der Waals surface area contributed by atoms with E-state index >= 15 is 0 Å². The van der Waals surface area contributed by atoms with E-state index in [0.717, 1.165) is 11.8 Å². The summed E-state index contributed by atoms with van der Waals surface area (Å²) >= 11 is 0. The molecular formula is C16H23N3O5S. The summed E-state index contributed by atoms with van der Waals surface area (Å²) < 4.78 is 29.4. The number of hydrogen-bond donors (Lipinski definition) is 1. The van der Waals surface area contributed by atoms with Crippen LogP contribution in [0.4, 0.5) is 0 Å². The molecule has 1 saturated heterocycles. The summed E-state index contributed by atoms with van der Waals surface area (Å²) in [7, 11) is -3.26. The van der Waals surface area contributed by atoms with Gasteiger partial charge in [-0.15, -0.1) is 0 Å². The molecule has 0 radical (unpaired) electrons. The van der Waals surface area contributed by atoms with E-state index < -0.39 is 22.0 Å². The molecule has 1 amide bonds. The Balaban J connectivity index is 1.77. The molecule has 25 heavy (non-hydrogen) atoms. The van der Waals surface area contributed by atoms with E-state index in [1.54, 1.807) is 0 Å². The first-order chi connectivity index (χ1) is 11.8. The van der Waals surface area contributed by atoms with Crippen LogP contribution in [-0.2, 0) is 31.0 Å². The fourth-order valence-corrected chi connectivity index (χ4v) is 3.37. The normalized spacial score (nSPS) is 17.1. The van der Waals surface area contributed by atoms with Gasteiger partial charge < -0.3 is 15.4 Å². The smallest absolute Gasteiger partial charge is 0.308 e. The van der Waals surface area contributed by atoms with Gasteiger partial charge in [-0.3, -0.25) is 9.59 Å². The molecule has 0 saturated carbocycles. The lowest BCUT2D eigenvalue weighted by Crippen LogP contribution is -2.54. The minimum Gasteiger partial charge on any atom is -0.461 e. The first-order valence-corrected chi connectivity index (χ1v) is 9.81. The van der Waals surface area contributed by atoms with Gasteiger partial charge in [0.1, 0.15) is 6.61 Å². The van der Waals surface area contributed by atoms with Crippen LogP contribution >= 0.6 is 0 Å². The van der Waals surface area contributed by atoms with Crippen LogP contribution in [0.2, 0.25) is 0 Å². The molecule has 0 spiro atoms. The molecule has 138 valence electrons. The van der Waals surface area contributed by atoms with Crippen LogP contribution in [-0.4, -0.2) is 68.0 Å². The molecule has 1 aliphatic heterocycles. The van der Waals surface area contributed by atoms with Gasteiger partial charge in [0.15, 0.2) is 0 Å². The van der Waals surface area contributed by atoms with Crippen molar-refractivity contribution in [1.82, 2.24) is 9.21 Å². The number of hydrogen-bond acceptors (Lipinski definition) is 6.